The quantitative estimate of drug-likeness (QED) is 0.415. The van der Waals surface area contributed by atoms with Crippen molar-refractivity contribution >= 4 is 16.1 Å². The molecule has 3 rings (SSSR count). The molecule has 196 valence electrons. The summed E-state index contributed by atoms with van der Waals surface area (Å²) in [6.07, 6.45) is -1.39. The number of rotatable bonds is 12. The standard InChI is InChI=1S/C26H34N2O7S/c1-19(2)16-28(36(31,32)23-11-9-21(33-3)10-12-23)17-25(29)24(15-20-7-5-4-6-8-20)27-26(30)35-22-13-14-34-18-22/h4-12,22,24-25,29H,1,13-18H2,2-3H3,(H,27,30)/t22-,24-,25+/m0/s1. The van der Waals surface area contributed by atoms with Crippen molar-refractivity contribution < 1.29 is 32.5 Å². The van der Waals surface area contributed by atoms with Crippen LogP contribution in [0, 0.1) is 0 Å². The van der Waals surface area contributed by atoms with Gasteiger partial charge in [0.25, 0.3) is 0 Å². The topological polar surface area (TPSA) is 114 Å². The second-order valence-corrected chi connectivity index (χ2v) is 10.8. The third kappa shape index (κ3) is 7.79. The number of alkyl carbamates (subject to hydrolysis) is 1. The molecule has 2 N–H and O–H groups in total. The number of benzene rings is 2. The highest BCUT2D eigenvalue weighted by Gasteiger charge is 2.32. The van der Waals surface area contributed by atoms with E-state index in [2.05, 4.69) is 11.9 Å². The second-order valence-electron chi connectivity index (χ2n) is 8.83. The minimum absolute atomic E-state index is 0.00728. The summed E-state index contributed by atoms with van der Waals surface area (Å²) in [6, 6.07) is 14.5. The molecule has 1 saturated heterocycles. The summed E-state index contributed by atoms with van der Waals surface area (Å²) in [6.45, 7) is 6.15. The van der Waals surface area contributed by atoms with Crippen LogP contribution in [0.4, 0.5) is 4.79 Å². The fraction of sp³-hybridized carbons (Fsp3) is 0.423. The van der Waals surface area contributed by atoms with Crippen molar-refractivity contribution in [3.8, 4) is 5.75 Å². The van der Waals surface area contributed by atoms with Crippen molar-refractivity contribution in [1.82, 2.24) is 9.62 Å². The molecule has 1 aliphatic heterocycles. The van der Waals surface area contributed by atoms with E-state index in [0.29, 0.717) is 31.0 Å². The number of nitrogens with zero attached hydrogens (tertiary/aromatic N) is 1. The van der Waals surface area contributed by atoms with Crippen LogP contribution in [0.5, 0.6) is 5.75 Å². The maximum Gasteiger partial charge on any atom is 0.407 e. The van der Waals surface area contributed by atoms with Gasteiger partial charge in [-0.15, -0.1) is 0 Å². The molecule has 1 fully saturated rings. The van der Waals surface area contributed by atoms with Crippen LogP contribution in [0.25, 0.3) is 0 Å². The molecular formula is C26H34N2O7S. The molecule has 10 heteroatoms. The first kappa shape index (κ1) is 27.7. The molecule has 0 bridgehead atoms. The van der Waals surface area contributed by atoms with Gasteiger partial charge >= 0.3 is 6.09 Å². The highest BCUT2D eigenvalue weighted by molar-refractivity contribution is 7.89. The SMILES string of the molecule is C=C(C)CN(C[C@@H](O)[C@H](Cc1ccccc1)NC(=O)O[C@H]1CCOC1)S(=O)(=O)c1ccc(OC)cc1. The van der Waals surface area contributed by atoms with Crippen molar-refractivity contribution in [3.63, 3.8) is 0 Å². The van der Waals surface area contributed by atoms with Gasteiger partial charge in [-0.1, -0.05) is 42.5 Å². The summed E-state index contributed by atoms with van der Waals surface area (Å²) in [5.74, 6) is 0.527. The van der Waals surface area contributed by atoms with Gasteiger partial charge in [0.2, 0.25) is 10.0 Å². The van der Waals surface area contributed by atoms with Crippen molar-refractivity contribution in [1.29, 1.82) is 0 Å². The van der Waals surface area contributed by atoms with Gasteiger partial charge in [-0.3, -0.25) is 0 Å². The Morgan fingerprint density at radius 3 is 2.50 bits per heavy atom. The minimum atomic E-state index is -3.97. The van der Waals surface area contributed by atoms with E-state index in [1.165, 1.54) is 19.2 Å². The Balaban J connectivity index is 1.80. The molecule has 0 aliphatic carbocycles. The number of ether oxygens (including phenoxy) is 3. The highest BCUT2D eigenvalue weighted by Crippen LogP contribution is 2.21. The molecule has 1 aliphatic rings. The van der Waals surface area contributed by atoms with E-state index < -0.39 is 28.3 Å². The maximum absolute atomic E-state index is 13.4. The molecule has 1 amide bonds. The highest BCUT2D eigenvalue weighted by atomic mass is 32.2. The van der Waals surface area contributed by atoms with Crippen molar-refractivity contribution in [3.05, 3.63) is 72.3 Å². The molecule has 36 heavy (non-hydrogen) atoms. The lowest BCUT2D eigenvalue weighted by Crippen LogP contribution is -2.51. The molecule has 3 atom stereocenters. The predicted octanol–water partition coefficient (Wildman–Crippen LogP) is 2.75. The first-order valence-corrected chi connectivity index (χ1v) is 13.2. The molecule has 0 unspecified atom stereocenters. The zero-order valence-electron chi connectivity index (χ0n) is 20.6. The van der Waals surface area contributed by atoms with Crippen LogP contribution in [-0.2, 0) is 25.9 Å². The number of methoxy groups -OCH3 is 1. The number of hydrogen-bond acceptors (Lipinski definition) is 7. The Labute approximate surface area is 212 Å². The molecule has 2 aromatic carbocycles. The smallest absolute Gasteiger partial charge is 0.407 e. The van der Waals surface area contributed by atoms with Gasteiger partial charge in [-0.05, 0) is 43.2 Å². The molecule has 1 heterocycles. The van der Waals surface area contributed by atoms with Crippen LogP contribution in [0.1, 0.15) is 18.9 Å². The zero-order chi connectivity index (χ0) is 26.1. The van der Waals surface area contributed by atoms with E-state index in [1.807, 2.05) is 30.3 Å². The minimum Gasteiger partial charge on any atom is -0.497 e. The summed E-state index contributed by atoms with van der Waals surface area (Å²) < 4.78 is 43.8. The number of sulfonamides is 1. The first-order valence-electron chi connectivity index (χ1n) is 11.7. The van der Waals surface area contributed by atoms with E-state index in [4.69, 9.17) is 14.2 Å². The third-order valence-corrected chi connectivity index (χ3v) is 7.59. The number of amides is 1. The molecular weight excluding hydrogens is 484 g/mol. The summed E-state index contributed by atoms with van der Waals surface area (Å²) >= 11 is 0. The third-order valence-electron chi connectivity index (χ3n) is 5.76. The average molecular weight is 519 g/mol. The predicted molar refractivity (Wildman–Crippen MR) is 135 cm³/mol. The number of nitrogens with one attached hydrogen (secondary N) is 1. The lowest BCUT2D eigenvalue weighted by molar-refractivity contribution is 0.0654. The lowest BCUT2D eigenvalue weighted by Gasteiger charge is -2.30. The molecule has 0 radical (unpaired) electrons. The van der Waals surface area contributed by atoms with E-state index >= 15 is 0 Å². The Kier molecular flexibility index (Phi) is 9.89. The van der Waals surface area contributed by atoms with Crippen LogP contribution >= 0.6 is 0 Å². The van der Waals surface area contributed by atoms with E-state index in [1.54, 1.807) is 19.1 Å². The molecule has 2 aromatic rings. The monoisotopic (exact) mass is 518 g/mol. The van der Waals surface area contributed by atoms with Crippen molar-refractivity contribution in [2.75, 3.05) is 33.4 Å². The van der Waals surface area contributed by atoms with Crippen LogP contribution < -0.4 is 10.1 Å². The molecule has 0 aromatic heterocycles. The summed E-state index contributed by atoms with van der Waals surface area (Å²) in [4.78, 5) is 12.6. The van der Waals surface area contributed by atoms with Crippen LogP contribution in [0.3, 0.4) is 0 Å². The zero-order valence-corrected chi connectivity index (χ0v) is 21.4. The van der Waals surface area contributed by atoms with Crippen LogP contribution in [0.15, 0.2) is 71.6 Å². The Hall–Kier alpha value is -2.92. The number of aliphatic hydroxyl groups is 1. The molecule has 0 spiro atoms. The van der Waals surface area contributed by atoms with Gasteiger partial charge in [0.1, 0.15) is 11.9 Å². The van der Waals surface area contributed by atoms with E-state index in [0.717, 1.165) is 9.87 Å². The van der Waals surface area contributed by atoms with E-state index in [9.17, 15) is 18.3 Å². The van der Waals surface area contributed by atoms with Gasteiger partial charge in [0.15, 0.2) is 0 Å². The van der Waals surface area contributed by atoms with Gasteiger partial charge < -0.3 is 24.6 Å². The Morgan fingerprint density at radius 1 is 1.22 bits per heavy atom. The molecule has 9 nitrogen and oxygen atoms in total. The van der Waals surface area contributed by atoms with Gasteiger partial charge in [-0.2, -0.15) is 4.31 Å². The van der Waals surface area contributed by atoms with Crippen LogP contribution in [-0.4, -0.2) is 75.6 Å². The normalized spacial score (nSPS) is 17.4. The first-order chi connectivity index (χ1) is 17.2. The van der Waals surface area contributed by atoms with Crippen molar-refractivity contribution in [2.24, 2.45) is 0 Å². The van der Waals surface area contributed by atoms with Gasteiger partial charge in [0.05, 0.1) is 37.4 Å². The average Bonchev–Trinajstić information content (AvgIpc) is 3.36. The summed E-state index contributed by atoms with van der Waals surface area (Å²) in [5.41, 5.74) is 1.48. The Morgan fingerprint density at radius 2 is 1.92 bits per heavy atom. The fourth-order valence-corrected chi connectivity index (χ4v) is 5.39. The fourth-order valence-electron chi connectivity index (χ4n) is 3.88. The second kappa shape index (κ2) is 12.9. The van der Waals surface area contributed by atoms with Crippen molar-refractivity contribution in [2.45, 2.75) is 42.9 Å². The van der Waals surface area contributed by atoms with E-state index in [-0.39, 0.29) is 30.5 Å². The van der Waals surface area contributed by atoms with Crippen LogP contribution in [0.2, 0.25) is 0 Å². The van der Waals surface area contributed by atoms with Gasteiger partial charge in [-0.25, -0.2) is 13.2 Å². The number of carbonyl (C=O) groups is 1. The molecule has 0 saturated carbocycles. The summed E-state index contributed by atoms with van der Waals surface area (Å²) in [7, 11) is -2.48. The number of carbonyl (C=O) groups excluding carboxylic acids is 1. The maximum atomic E-state index is 13.4. The summed E-state index contributed by atoms with van der Waals surface area (Å²) in [5, 5.41) is 13.9. The largest absolute Gasteiger partial charge is 0.497 e. The lowest BCUT2D eigenvalue weighted by atomic mass is 10.0. The number of aliphatic hydroxyl groups excluding tert-OH is 1. The van der Waals surface area contributed by atoms with Gasteiger partial charge in [0, 0.05) is 19.5 Å². The Bertz CT molecular complexity index is 1100. The number of hydrogen-bond donors (Lipinski definition) is 2.